The van der Waals surface area contributed by atoms with Gasteiger partial charge in [0.2, 0.25) is 0 Å². The number of hydrogen-bond acceptors (Lipinski definition) is 2. The van der Waals surface area contributed by atoms with E-state index in [1.807, 2.05) is 18.3 Å². The Balaban J connectivity index is 1.74. The monoisotopic (exact) mass is 283 g/mol. The summed E-state index contributed by atoms with van der Waals surface area (Å²) < 4.78 is 0. The Labute approximate surface area is 127 Å². The minimum atomic E-state index is -0.214. The highest BCUT2D eigenvalue weighted by molar-refractivity contribution is 5.81. The second kappa shape index (κ2) is 7.04. The summed E-state index contributed by atoms with van der Waals surface area (Å²) in [6, 6.07) is 10.3. The number of pyridine rings is 1. The number of nitrogens with zero attached hydrogens (tertiary/aromatic N) is 1. The first-order valence-corrected chi connectivity index (χ1v) is 8.35. The molecule has 0 spiro atoms. The predicted octanol–water partition coefficient (Wildman–Crippen LogP) is 4.50. The first kappa shape index (κ1) is 14.5. The number of para-hydroxylation sites is 1. The lowest BCUT2D eigenvalue weighted by Gasteiger charge is -2.25. The second-order valence-electron chi connectivity index (χ2n) is 6.36. The summed E-state index contributed by atoms with van der Waals surface area (Å²) in [5, 5.41) is 11.9. The predicted molar refractivity (Wildman–Crippen MR) is 87.3 cm³/mol. The number of aliphatic hydroxyl groups excluding tert-OH is 1. The van der Waals surface area contributed by atoms with Crippen molar-refractivity contribution in [3.05, 3.63) is 42.1 Å². The molecule has 1 aliphatic rings. The fraction of sp³-hybridized carbons (Fsp3) is 0.526. The Morgan fingerprint density at radius 3 is 2.52 bits per heavy atom. The quantitative estimate of drug-likeness (QED) is 0.899. The maximum absolute atomic E-state index is 10.7. The molecule has 1 heterocycles. The second-order valence-corrected chi connectivity index (χ2v) is 6.36. The van der Waals surface area contributed by atoms with Crippen LogP contribution in [0.25, 0.3) is 10.9 Å². The van der Waals surface area contributed by atoms with E-state index in [1.54, 1.807) is 0 Å². The highest BCUT2D eigenvalue weighted by Crippen LogP contribution is 2.27. The first-order chi connectivity index (χ1) is 10.3. The third-order valence-electron chi connectivity index (χ3n) is 4.86. The molecule has 1 atom stereocenters. The number of benzene rings is 1. The van der Waals surface area contributed by atoms with Crippen molar-refractivity contribution < 1.29 is 5.11 Å². The van der Waals surface area contributed by atoms with E-state index in [9.17, 15) is 5.11 Å². The molecule has 1 saturated carbocycles. The van der Waals surface area contributed by atoms with Gasteiger partial charge < -0.3 is 5.11 Å². The lowest BCUT2D eigenvalue weighted by molar-refractivity contribution is 0.0916. The molecule has 1 N–H and O–H groups in total. The van der Waals surface area contributed by atoms with Crippen molar-refractivity contribution in [3.8, 4) is 0 Å². The van der Waals surface area contributed by atoms with E-state index < -0.39 is 0 Å². The summed E-state index contributed by atoms with van der Waals surface area (Å²) in [5.74, 6) is 0.470. The van der Waals surface area contributed by atoms with Gasteiger partial charge in [-0.3, -0.25) is 4.98 Å². The van der Waals surface area contributed by atoms with Gasteiger partial charge in [-0.25, -0.2) is 0 Å². The molecule has 1 aromatic carbocycles. The Hall–Kier alpha value is -1.41. The SMILES string of the molecule is OC(Cc1ccnc2ccccc12)C1CCCCCCC1. The number of fused-ring (bicyclic) bond motifs is 1. The number of aliphatic hydroxyl groups is 1. The molecule has 1 fully saturated rings. The van der Waals surface area contributed by atoms with E-state index in [2.05, 4.69) is 23.2 Å². The zero-order chi connectivity index (χ0) is 14.5. The van der Waals surface area contributed by atoms with Gasteiger partial charge in [0.25, 0.3) is 0 Å². The molecule has 21 heavy (non-hydrogen) atoms. The van der Waals surface area contributed by atoms with Gasteiger partial charge in [-0.05, 0) is 42.9 Å². The van der Waals surface area contributed by atoms with Crippen LogP contribution in [0.5, 0.6) is 0 Å². The third kappa shape index (κ3) is 3.62. The van der Waals surface area contributed by atoms with Gasteiger partial charge in [0.1, 0.15) is 0 Å². The number of aromatic nitrogens is 1. The van der Waals surface area contributed by atoms with Crippen LogP contribution in [-0.2, 0) is 6.42 Å². The molecule has 112 valence electrons. The molecule has 0 saturated heterocycles. The maximum Gasteiger partial charge on any atom is 0.0704 e. The Morgan fingerprint density at radius 2 is 1.71 bits per heavy atom. The number of rotatable bonds is 3. The van der Waals surface area contributed by atoms with Gasteiger partial charge in [-0.2, -0.15) is 0 Å². The van der Waals surface area contributed by atoms with Gasteiger partial charge in [-0.15, -0.1) is 0 Å². The standard InChI is InChI=1S/C19H25NO/c21-19(15-8-4-2-1-3-5-9-15)14-16-12-13-20-18-11-7-6-10-17(16)18/h6-7,10-13,15,19,21H,1-5,8-9,14H2. The summed E-state index contributed by atoms with van der Waals surface area (Å²) in [4.78, 5) is 4.41. The Morgan fingerprint density at radius 1 is 1.00 bits per heavy atom. The van der Waals surface area contributed by atoms with Gasteiger partial charge in [-0.1, -0.05) is 50.3 Å². The largest absolute Gasteiger partial charge is 0.392 e. The fourth-order valence-electron chi connectivity index (χ4n) is 3.60. The van der Waals surface area contributed by atoms with E-state index >= 15 is 0 Å². The van der Waals surface area contributed by atoms with E-state index in [1.165, 1.54) is 55.9 Å². The minimum Gasteiger partial charge on any atom is -0.392 e. The number of hydrogen-bond donors (Lipinski definition) is 1. The lowest BCUT2D eigenvalue weighted by Crippen LogP contribution is -2.24. The molecular weight excluding hydrogens is 258 g/mol. The molecule has 0 amide bonds. The van der Waals surface area contributed by atoms with E-state index in [-0.39, 0.29) is 6.10 Å². The van der Waals surface area contributed by atoms with Gasteiger partial charge in [0.05, 0.1) is 11.6 Å². The summed E-state index contributed by atoms with van der Waals surface area (Å²) in [7, 11) is 0. The summed E-state index contributed by atoms with van der Waals surface area (Å²) in [6.45, 7) is 0. The van der Waals surface area contributed by atoms with Crippen LogP contribution in [-0.4, -0.2) is 16.2 Å². The molecule has 2 nitrogen and oxygen atoms in total. The van der Waals surface area contributed by atoms with Crippen molar-refractivity contribution >= 4 is 10.9 Å². The molecule has 3 rings (SSSR count). The average Bonchev–Trinajstić information content (AvgIpc) is 2.47. The molecule has 2 heteroatoms. The minimum absolute atomic E-state index is 0.214. The topological polar surface area (TPSA) is 33.1 Å². The van der Waals surface area contributed by atoms with Gasteiger partial charge in [0.15, 0.2) is 0 Å². The van der Waals surface area contributed by atoms with Crippen LogP contribution in [0.2, 0.25) is 0 Å². The lowest BCUT2D eigenvalue weighted by atomic mass is 9.84. The van der Waals surface area contributed by atoms with Crippen LogP contribution in [0.3, 0.4) is 0 Å². The first-order valence-electron chi connectivity index (χ1n) is 8.35. The molecule has 1 aliphatic carbocycles. The van der Waals surface area contributed by atoms with Gasteiger partial charge in [0, 0.05) is 11.6 Å². The van der Waals surface area contributed by atoms with E-state index in [0.29, 0.717) is 5.92 Å². The van der Waals surface area contributed by atoms with Crippen molar-refractivity contribution in [1.29, 1.82) is 0 Å². The van der Waals surface area contributed by atoms with Crippen LogP contribution in [0.15, 0.2) is 36.5 Å². The highest BCUT2D eigenvalue weighted by Gasteiger charge is 2.21. The van der Waals surface area contributed by atoms with Gasteiger partial charge >= 0.3 is 0 Å². The van der Waals surface area contributed by atoms with E-state index in [0.717, 1.165) is 11.9 Å². The molecule has 0 aliphatic heterocycles. The molecule has 0 radical (unpaired) electrons. The molecule has 2 aromatic rings. The smallest absolute Gasteiger partial charge is 0.0704 e. The molecule has 0 bridgehead atoms. The zero-order valence-corrected chi connectivity index (χ0v) is 12.7. The molecular formula is C19H25NO. The van der Waals surface area contributed by atoms with Crippen LogP contribution in [0.4, 0.5) is 0 Å². The summed E-state index contributed by atoms with van der Waals surface area (Å²) >= 11 is 0. The van der Waals surface area contributed by atoms with Crippen molar-refractivity contribution in [3.63, 3.8) is 0 Å². The van der Waals surface area contributed by atoms with Crippen LogP contribution < -0.4 is 0 Å². The fourth-order valence-corrected chi connectivity index (χ4v) is 3.60. The molecule has 1 unspecified atom stereocenters. The van der Waals surface area contributed by atoms with Crippen LogP contribution in [0.1, 0.15) is 50.5 Å². The Bertz CT molecular complexity index is 567. The van der Waals surface area contributed by atoms with Crippen molar-refractivity contribution in [2.75, 3.05) is 0 Å². The van der Waals surface area contributed by atoms with Crippen LogP contribution in [0, 0.1) is 5.92 Å². The van der Waals surface area contributed by atoms with Crippen molar-refractivity contribution in [1.82, 2.24) is 4.98 Å². The van der Waals surface area contributed by atoms with Crippen molar-refractivity contribution in [2.24, 2.45) is 5.92 Å². The van der Waals surface area contributed by atoms with Crippen molar-refractivity contribution in [2.45, 2.75) is 57.5 Å². The molecule has 1 aromatic heterocycles. The zero-order valence-electron chi connectivity index (χ0n) is 12.7. The van der Waals surface area contributed by atoms with E-state index in [4.69, 9.17) is 0 Å². The van der Waals surface area contributed by atoms with Crippen LogP contribution >= 0.6 is 0 Å². The maximum atomic E-state index is 10.7. The third-order valence-corrected chi connectivity index (χ3v) is 4.86. The summed E-state index contributed by atoms with van der Waals surface area (Å²) in [6.07, 6.45) is 11.4. The Kier molecular flexibility index (Phi) is 4.87. The normalized spacial score (nSPS) is 19.1. The highest BCUT2D eigenvalue weighted by atomic mass is 16.3. The summed E-state index contributed by atoms with van der Waals surface area (Å²) in [5.41, 5.74) is 2.26. The average molecular weight is 283 g/mol.